The average Bonchev–Trinajstić information content (AvgIpc) is 2.83. The van der Waals surface area contributed by atoms with E-state index in [1.54, 1.807) is 38.6 Å². The second kappa shape index (κ2) is 16.1. The maximum Gasteiger partial charge on any atom is 0.119 e. The quantitative estimate of drug-likeness (QED) is 0.164. The molecule has 0 unspecified atom stereocenters. The number of nitriles is 2. The summed E-state index contributed by atoms with van der Waals surface area (Å²) >= 11 is 1.49. The zero-order chi connectivity index (χ0) is 25.3. The molecular formula is C27H32N4O2S. The molecule has 0 amide bonds. The summed E-state index contributed by atoms with van der Waals surface area (Å²) in [4.78, 5) is 4.82. The summed E-state index contributed by atoms with van der Waals surface area (Å²) in [6.07, 6.45) is 7.92. The van der Waals surface area contributed by atoms with Crippen LogP contribution >= 0.6 is 11.8 Å². The molecule has 0 aliphatic rings. The number of hydrogen-bond donors (Lipinski definition) is 1. The number of aliphatic imine (C=N–C) groups is 1. The summed E-state index contributed by atoms with van der Waals surface area (Å²) in [5.41, 5.74) is 9.13. The molecule has 1 aromatic rings. The smallest absolute Gasteiger partial charge is 0.119 e. The highest BCUT2D eigenvalue weighted by Gasteiger charge is 2.20. The molecule has 0 aliphatic heterocycles. The minimum Gasteiger partial charge on any atom is -0.491 e. The van der Waals surface area contributed by atoms with Gasteiger partial charge in [0.25, 0.3) is 0 Å². The molecular weight excluding hydrogens is 444 g/mol. The van der Waals surface area contributed by atoms with Crippen LogP contribution in [0.3, 0.4) is 0 Å². The molecule has 0 saturated carbocycles. The molecule has 0 fully saturated rings. The minimum absolute atomic E-state index is 0.267. The van der Waals surface area contributed by atoms with Gasteiger partial charge in [0.2, 0.25) is 0 Å². The van der Waals surface area contributed by atoms with Crippen molar-refractivity contribution in [1.29, 1.82) is 10.5 Å². The van der Waals surface area contributed by atoms with E-state index in [4.69, 9.17) is 15.2 Å². The second-order valence-corrected chi connectivity index (χ2v) is 8.06. The largest absolute Gasteiger partial charge is 0.491 e. The molecule has 7 heteroatoms. The fourth-order valence-electron chi connectivity index (χ4n) is 2.82. The monoisotopic (exact) mass is 476 g/mol. The maximum absolute atomic E-state index is 10.2. The Balaban J connectivity index is 3.51. The van der Waals surface area contributed by atoms with Crippen molar-refractivity contribution in [2.75, 3.05) is 26.1 Å². The van der Waals surface area contributed by atoms with Gasteiger partial charge in [-0.05, 0) is 49.6 Å². The molecule has 0 bridgehead atoms. The van der Waals surface area contributed by atoms with Crippen LogP contribution in [0.2, 0.25) is 0 Å². The highest BCUT2D eigenvalue weighted by Crippen LogP contribution is 2.36. The summed E-state index contributed by atoms with van der Waals surface area (Å²) in [5, 5.41) is 20.1. The van der Waals surface area contributed by atoms with Gasteiger partial charge >= 0.3 is 0 Å². The van der Waals surface area contributed by atoms with Gasteiger partial charge in [-0.2, -0.15) is 10.5 Å². The number of thioether (sulfide) groups is 1. The van der Waals surface area contributed by atoms with Crippen LogP contribution in [0.4, 0.5) is 0 Å². The van der Waals surface area contributed by atoms with Gasteiger partial charge in [0.05, 0.1) is 17.8 Å². The van der Waals surface area contributed by atoms with Crippen LogP contribution < -0.4 is 10.5 Å². The molecule has 34 heavy (non-hydrogen) atoms. The number of hydrogen-bond acceptors (Lipinski definition) is 7. The zero-order valence-electron chi connectivity index (χ0n) is 20.3. The van der Waals surface area contributed by atoms with Crippen molar-refractivity contribution in [3.05, 3.63) is 82.1 Å². The molecule has 0 heterocycles. The number of benzene rings is 1. The number of nitrogens with zero attached hydrogens (tertiary/aromatic N) is 3. The molecule has 0 radical (unpaired) electrons. The summed E-state index contributed by atoms with van der Waals surface area (Å²) in [7, 11) is 1.61. The van der Waals surface area contributed by atoms with E-state index in [9.17, 15) is 10.5 Å². The number of rotatable bonds is 13. The SMILES string of the molecule is C=C(/C=C\N=CC)CSC(=C\CC)/C(C#N)=C(\C(C#N)=C(/C)N)c1ccc(OCCOC)cc1. The predicted octanol–water partition coefficient (Wildman–Crippen LogP) is 5.93. The van der Waals surface area contributed by atoms with Crippen molar-refractivity contribution in [3.8, 4) is 17.9 Å². The van der Waals surface area contributed by atoms with Crippen molar-refractivity contribution < 1.29 is 9.47 Å². The molecule has 0 aliphatic carbocycles. The van der Waals surface area contributed by atoms with E-state index in [-0.39, 0.29) is 5.57 Å². The number of allylic oxidation sites excluding steroid dienone is 6. The third-order valence-electron chi connectivity index (χ3n) is 4.41. The van der Waals surface area contributed by atoms with E-state index in [1.165, 1.54) is 11.8 Å². The van der Waals surface area contributed by atoms with Crippen molar-refractivity contribution in [3.63, 3.8) is 0 Å². The predicted molar refractivity (Wildman–Crippen MR) is 142 cm³/mol. The lowest BCUT2D eigenvalue weighted by atomic mass is 9.92. The van der Waals surface area contributed by atoms with Gasteiger partial charge in [-0.15, -0.1) is 11.8 Å². The van der Waals surface area contributed by atoms with Crippen LogP contribution in [0.15, 0.2) is 81.5 Å². The third-order valence-corrected chi connectivity index (χ3v) is 5.61. The topological polar surface area (TPSA) is 104 Å². The van der Waals surface area contributed by atoms with Crippen molar-refractivity contribution in [2.24, 2.45) is 10.7 Å². The van der Waals surface area contributed by atoms with Crippen molar-refractivity contribution in [2.45, 2.75) is 27.2 Å². The highest BCUT2D eigenvalue weighted by atomic mass is 32.2. The van der Waals surface area contributed by atoms with E-state index in [2.05, 4.69) is 23.7 Å². The molecule has 0 atom stereocenters. The highest BCUT2D eigenvalue weighted by molar-refractivity contribution is 8.03. The Bertz CT molecular complexity index is 1060. The Kier molecular flexibility index (Phi) is 13.5. The van der Waals surface area contributed by atoms with Crippen LogP contribution in [0.1, 0.15) is 32.8 Å². The van der Waals surface area contributed by atoms with Gasteiger partial charge in [-0.25, -0.2) is 0 Å². The Morgan fingerprint density at radius 1 is 1.18 bits per heavy atom. The lowest BCUT2D eigenvalue weighted by Crippen LogP contribution is -2.05. The van der Waals surface area contributed by atoms with Crippen molar-refractivity contribution in [1.82, 2.24) is 0 Å². The number of nitrogens with two attached hydrogens (primary N) is 1. The standard InChI is InChI=1S/C27H32N4O2S/c1-6-8-26(34-19-20(3)13-14-31-7-2)25(18-29)27(24(17-28)21(4)30)22-9-11-23(12-10-22)33-16-15-32-5/h7-14H,3,6,15-16,19,30H2,1-2,4-5H3/b14-13-,24-21+,26-8-,27-25-,31-7?. The van der Waals surface area contributed by atoms with Crippen LogP contribution in [-0.4, -0.2) is 32.3 Å². The first-order valence-electron chi connectivity index (χ1n) is 10.8. The van der Waals surface area contributed by atoms with E-state index in [0.29, 0.717) is 47.1 Å². The normalized spacial score (nSPS) is 13.3. The van der Waals surface area contributed by atoms with Gasteiger partial charge < -0.3 is 15.2 Å². The summed E-state index contributed by atoms with van der Waals surface area (Å²) in [6.45, 7) is 10.5. The summed E-state index contributed by atoms with van der Waals surface area (Å²) in [6, 6.07) is 11.8. The molecule has 2 N–H and O–H groups in total. The second-order valence-electron chi connectivity index (χ2n) is 7.04. The third kappa shape index (κ3) is 9.15. The van der Waals surface area contributed by atoms with Crippen LogP contribution in [0, 0.1) is 22.7 Å². The average molecular weight is 477 g/mol. The van der Waals surface area contributed by atoms with Gasteiger partial charge in [0.1, 0.15) is 24.5 Å². The van der Waals surface area contributed by atoms with Gasteiger partial charge in [0, 0.05) is 41.5 Å². The summed E-state index contributed by atoms with van der Waals surface area (Å²) in [5.74, 6) is 1.24. The Morgan fingerprint density at radius 3 is 2.38 bits per heavy atom. The molecule has 1 rings (SSSR count). The molecule has 6 nitrogen and oxygen atoms in total. The number of ether oxygens (including phenoxy) is 2. The lowest BCUT2D eigenvalue weighted by Gasteiger charge is -2.15. The Labute approximate surface area is 207 Å². The van der Waals surface area contributed by atoms with Crippen LogP contribution in [0.5, 0.6) is 5.75 Å². The van der Waals surface area contributed by atoms with Crippen LogP contribution in [0.25, 0.3) is 5.57 Å². The Morgan fingerprint density at radius 2 is 1.85 bits per heavy atom. The molecule has 178 valence electrons. The fraction of sp³-hybridized carbons (Fsp3) is 0.296. The van der Waals surface area contributed by atoms with Gasteiger partial charge in [-0.3, -0.25) is 4.99 Å². The van der Waals surface area contributed by atoms with E-state index in [1.807, 2.05) is 38.1 Å². The van der Waals surface area contributed by atoms with Crippen LogP contribution in [-0.2, 0) is 4.74 Å². The van der Waals surface area contributed by atoms with E-state index < -0.39 is 0 Å². The fourth-order valence-corrected chi connectivity index (χ4v) is 3.84. The van der Waals surface area contributed by atoms with Gasteiger partial charge in [0.15, 0.2) is 0 Å². The maximum atomic E-state index is 10.2. The lowest BCUT2D eigenvalue weighted by molar-refractivity contribution is 0.146. The summed E-state index contributed by atoms with van der Waals surface area (Å²) < 4.78 is 10.7. The Hall–Kier alpha value is -3.52. The van der Waals surface area contributed by atoms with Gasteiger partial charge in [-0.1, -0.05) is 31.7 Å². The molecule has 0 spiro atoms. The number of methoxy groups -OCH3 is 1. The first-order chi connectivity index (χ1) is 16.4. The van der Waals surface area contributed by atoms with Crippen molar-refractivity contribution >= 4 is 23.5 Å². The minimum atomic E-state index is 0.267. The van der Waals surface area contributed by atoms with E-state index in [0.717, 1.165) is 16.9 Å². The molecule has 1 aromatic carbocycles. The molecule has 0 aromatic heterocycles. The first-order valence-corrected chi connectivity index (χ1v) is 11.8. The zero-order valence-corrected chi connectivity index (χ0v) is 21.1. The first kappa shape index (κ1) is 28.5. The molecule has 0 saturated heterocycles. The van der Waals surface area contributed by atoms with E-state index >= 15 is 0 Å².